The lowest BCUT2D eigenvalue weighted by molar-refractivity contribution is 0.630. The van der Waals surface area contributed by atoms with Crippen molar-refractivity contribution < 1.29 is 4.39 Å². The van der Waals surface area contributed by atoms with E-state index in [1.807, 2.05) is 6.07 Å². The first-order chi connectivity index (χ1) is 7.22. The molecule has 0 unspecified atom stereocenters. The van der Waals surface area contributed by atoms with E-state index < -0.39 is 0 Å². The van der Waals surface area contributed by atoms with Crippen molar-refractivity contribution in [2.75, 3.05) is 0 Å². The molecule has 0 bridgehead atoms. The number of halogens is 1. The Labute approximate surface area is 92.0 Å². The van der Waals surface area contributed by atoms with E-state index >= 15 is 0 Å². The molecule has 0 aromatic heterocycles. The molecule has 74 valence electrons. The van der Waals surface area contributed by atoms with Gasteiger partial charge in [-0.3, -0.25) is 4.79 Å². The van der Waals surface area contributed by atoms with Crippen LogP contribution in [0.5, 0.6) is 0 Å². The summed E-state index contributed by atoms with van der Waals surface area (Å²) in [6.07, 6.45) is 0. The van der Waals surface area contributed by atoms with E-state index in [4.69, 9.17) is 0 Å². The summed E-state index contributed by atoms with van der Waals surface area (Å²) >= 11 is 2.47. The van der Waals surface area contributed by atoms with Crippen molar-refractivity contribution in [1.29, 1.82) is 0 Å². The van der Waals surface area contributed by atoms with Crippen molar-refractivity contribution in [2.24, 2.45) is 0 Å². The van der Waals surface area contributed by atoms with Gasteiger partial charge < -0.3 is 0 Å². The summed E-state index contributed by atoms with van der Waals surface area (Å²) in [7, 11) is 0. The van der Waals surface area contributed by atoms with Gasteiger partial charge in [0.05, 0.1) is 4.88 Å². The highest BCUT2D eigenvalue weighted by atomic mass is 32.1. The summed E-state index contributed by atoms with van der Waals surface area (Å²) in [5.41, 5.74) is 0. The first kappa shape index (κ1) is 8.94. The molecule has 0 radical (unpaired) electrons. The van der Waals surface area contributed by atoms with Crippen LogP contribution in [-0.4, -0.2) is 4.98 Å². The van der Waals surface area contributed by atoms with Crippen LogP contribution in [0.15, 0.2) is 29.1 Å². The zero-order valence-corrected chi connectivity index (χ0v) is 8.99. The maximum Gasteiger partial charge on any atom is 0.328 e. The molecule has 5 heteroatoms. The molecule has 0 saturated carbocycles. The Morgan fingerprint density at radius 1 is 1.20 bits per heavy atom. The minimum Gasteiger partial charge on any atom is -0.255 e. The summed E-state index contributed by atoms with van der Waals surface area (Å²) in [6, 6.07) is 6.47. The molecule has 3 rings (SSSR count). The zero-order valence-electron chi connectivity index (χ0n) is 7.36. The third-order valence-electron chi connectivity index (χ3n) is 2.07. The van der Waals surface area contributed by atoms with Crippen molar-refractivity contribution in [3.63, 3.8) is 0 Å². The van der Waals surface area contributed by atoms with Gasteiger partial charge in [-0.05, 0) is 23.6 Å². The molecule has 0 atom stereocenters. The molecule has 1 aromatic rings. The maximum absolute atomic E-state index is 13.0. The predicted molar refractivity (Wildman–Crippen MR) is 60.3 cm³/mol. The van der Waals surface area contributed by atoms with Crippen LogP contribution < -0.4 is 4.87 Å². The van der Waals surface area contributed by atoms with Gasteiger partial charge in [-0.15, -0.1) is 11.3 Å². The van der Waals surface area contributed by atoms with Crippen LogP contribution in [0, 0.1) is 5.82 Å². The minimum absolute atomic E-state index is 0.197. The molecule has 2 aliphatic rings. The molecule has 2 nitrogen and oxygen atoms in total. The fraction of sp³-hybridized carbons (Fsp3) is 0. The molecular formula is C10H4FNOS2. The van der Waals surface area contributed by atoms with Crippen molar-refractivity contribution in [2.45, 2.75) is 0 Å². The third kappa shape index (κ3) is 1.44. The quantitative estimate of drug-likeness (QED) is 0.601. The number of hydrogen-bond donors (Lipinski definition) is 0. The predicted octanol–water partition coefficient (Wildman–Crippen LogP) is 2.96. The number of rotatable bonds is 0. The number of aromatic nitrogens is 1. The second kappa shape index (κ2) is 3.08. The van der Waals surface area contributed by atoms with Crippen LogP contribution in [0.2, 0.25) is 0 Å². The van der Waals surface area contributed by atoms with Crippen LogP contribution in [0.25, 0.3) is 20.0 Å². The summed E-state index contributed by atoms with van der Waals surface area (Å²) in [6.45, 7) is 0. The Bertz CT molecular complexity index is 673. The fourth-order valence-electron chi connectivity index (χ4n) is 1.42. The van der Waals surface area contributed by atoms with E-state index in [1.165, 1.54) is 23.5 Å². The molecule has 0 saturated heterocycles. The second-order valence-corrected chi connectivity index (χ2v) is 5.10. The zero-order chi connectivity index (χ0) is 10.4. The molecule has 0 spiro atoms. The number of benzene rings is 1. The molecule has 0 aliphatic carbocycles. The summed E-state index contributed by atoms with van der Waals surface area (Å²) < 4.78 is 13.8. The van der Waals surface area contributed by atoms with Gasteiger partial charge in [0.25, 0.3) is 0 Å². The van der Waals surface area contributed by atoms with E-state index in [2.05, 4.69) is 4.98 Å². The van der Waals surface area contributed by atoms with Gasteiger partial charge in [-0.25, -0.2) is 4.39 Å². The lowest BCUT2D eigenvalue weighted by Crippen LogP contribution is -1.89. The third-order valence-corrected chi connectivity index (χ3v) is 4.07. The van der Waals surface area contributed by atoms with Gasteiger partial charge in [0.15, 0.2) is 0 Å². The highest BCUT2D eigenvalue weighted by Crippen LogP contribution is 2.33. The Morgan fingerprint density at radius 3 is 2.93 bits per heavy atom. The number of hydrogen-bond acceptors (Lipinski definition) is 4. The van der Waals surface area contributed by atoms with Crippen LogP contribution >= 0.6 is 22.7 Å². The second-order valence-electron chi connectivity index (χ2n) is 3.08. The van der Waals surface area contributed by atoms with Crippen LogP contribution in [0.1, 0.15) is 0 Å². The molecule has 15 heavy (non-hydrogen) atoms. The minimum atomic E-state index is -0.268. The smallest absolute Gasteiger partial charge is 0.255 e. The monoisotopic (exact) mass is 237 g/mol. The van der Waals surface area contributed by atoms with Gasteiger partial charge >= 0.3 is 4.87 Å². The summed E-state index contributed by atoms with van der Waals surface area (Å²) in [5.74, 6) is -0.268. The van der Waals surface area contributed by atoms with Crippen molar-refractivity contribution in [1.82, 2.24) is 4.98 Å². The Morgan fingerprint density at radius 2 is 2.07 bits per heavy atom. The van der Waals surface area contributed by atoms with E-state index in [-0.39, 0.29) is 10.7 Å². The van der Waals surface area contributed by atoms with Crippen LogP contribution in [-0.2, 0) is 0 Å². The van der Waals surface area contributed by atoms with E-state index in [1.54, 1.807) is 6.07 Å². The largest absolute Gasteiger partial charge is 0.328 e. The van der Waals surface area contributed by atoms with Gasteiger partial charge in [-0.1, -0.05) is 17.4 Å². The molecule has 2 heterocycles. The lowest BCUT2D eigenvalue weighted by Gasteiger charge is -1.99. The molecule has 1 aromatic carbocycles. The fourth-order valence-corrected chi connectivity index (χ4v) is 3.29. The van der Waals surface area contributed by atoms with Crippen LogP contribution in [0.3, 0.4) is 0 Å². The normalized spacial score (nSPS) is 11.3. The first-order valence-corrected chi connectivity index (χ1v) is 5.86. The number of fused-ring (bicyclic) bond motifs is 2. The SMILES string of the molecule is O=c1nc2sc3cc(F)ccc3cc-2s1. The van der Waals surface area contributed by atoms with Crippen LogP contribution in [0.4, 0.5) is 4.39 Å². The maximum atomic E-state index is 13.0. The van der Waals surface area contributed by atoms with Gasteiger partial charge in [0.1, 0.15) is 10.8 Å². The standard InChI is InChI=1S/C10H4FNOS2/c11-6-2-1-5-3-8-9(12-10(13)15-8)14-7(5)4-6/h1-4H. The Balaban J connectivity index is 2.48. The average molecular weight is 237 g/mol. The summed E-state index contributed by atoms with van der Waals surface area (Å²) in [5, 5.41) is 1.63. The average Bonchev–Trinajstić information content (AvgIpc) is 2.53. The molecule has 0 fully saturated rings. The number of nitrogens with zero attached hydrogens (tertiary/aromatic N) is 1. The van der Waals surface area contributed by atoms with Gasteiger partial charge in [0, 0.05) is 4.70 Å². The molecular weight excluding hydrogens is 233 g/mol. The Kier molecular flexibility index (Phi) is 1.83. The van der Waals surface area contributed by atoms with E-state index in [9.17, 15) is 9.18 Å². The molecule has 0 amide bonds. The lowest BCUT2D eigenvalue weighted by atomic mass is 10.2. The Hall–Kier alpha value is -1.33. The first-order valence-electron chi connectivity index (χ1n) is 4.22. The van der Waals surface area contributed by atoms with Gasteiger partial charge in [0.2, 0.25) is 0 Å². The summed E-state index contributed by atoms with van der Waals surface area (Å²) in [4.78, 5) is 15.6. The van der Waals surface area contributed by atoms with E-state index in [0.717, 1.165) is 26.3 Å². The highest BCUT2D eigenvalue weighted by molar-refractivity contribution is 7.25. The van der Waals surface area contributed by atoms with E-state index in [0.29, 0.717) is 5.01 Å². The highest BCUT2D eigenvalue weighted by Gasteiger charge is 2.10. The van der Waals surface area contributed by atoms with Crippen molar-refractivity contribution in [3.8, 4) is 9.88 Å². The molecule has 0 N–H and O–H groups in total. The van der Waals surface area contributed by atoms with Crippen molar-refractivity contribution in [3.05, 3.63) is 39.8 Å². The van der Waals surface area contributed by atoms with Gasteiger partial charge in [-0.2, -0.15) is 4.98 Å². The molecule has 2 aliphatic heterocycles. The number of thiazole rings is 1. The topological polar surface area (TPSA) is 30.0 Å². The van der Waals surface area contributed by atoms with Crippen molar-refractivity contribution >= 4 is 32.8 Å².